The first-order valence-electron chi connectivity index (χ1n) is 7.65. The molecule has 0 radical (unpaired) electrons. The topological polar surface area (TPSA) is 214 Å². The lowest BCUT2D eigenvalue weighted by Gasteiger charge is -2.25. The highest BCUT2D eigenvalue weighted by Gasteiger charge is 2.30. The van der Waals surface area contributed by atoms with Crippen LogP contribution in [0.1, 0.15) is 25.0 Å². The van der Waals surface area contributed by atoms with E-state index < -0.39 is 54.2 Å². The third-order valence-corrected chi connectivity index (χ3v) is 3.64. The number of amides is 2. The summed E-state index contributed by atoms with van der Waals surface area (Å²) < 4.78 is 0. The molecule has 2 amide bonds. The van der Waals surface area contributed by atoms with Gasteiger partial charge in [-0.2, -0.15) is 0 Å². The summed E-state index contributed by atoms with van der Waals surface area (Å²) in [5.41, 5.74) is 10.7. The number of aliphatic carboxylic acids is 2. The Bertz CT molecular complexity index is 648. The number of carbonyl (C=O) groups is 4. The SMILES string of the molecule is C[C@H](NCC(C(=O)O)c1c[nH]cn1)[C@@H](NC(=O)[C@@H](N)CC(N)=O)C(=O)O. The Hall–Kier alpha value is -2.99. The van der Waals surface area contributed by atoms with Crippen molar-refractivity contribution < 1.29 is 29.4 Å². The lowest BCUT2D eigenvalue weighted by Crippen LogP contribution is -2.57. The van der Waals surface area contributed by atoms with Crippen molar-refractivity contribution in [2.24, 2.45) is 11.5 Å². The first-order chi connectivity index (χ1) is 12.1. The van der Waals surface area contributed by atoms with Crippen LogP contribution in [0.15, 0.2) is 12.5 Å². The van der Waals surface area contributed by atoms with Crippen LogP contribution in [0.5, 0.6) is 0 Å². The highest BCUT2D eigenvalue weighted by atomic mass is 16.4. The Labute approximate surface area is 148 Å². The molecule has 1 aromatic heterocycles. The second-order valence-corrected chi connectivity index (χ2v) is 5.68. The summed E-state index contributed by atoms with van der Waals surface area (Å²) in [5.74, 6) is -5.15. The van der Waals surface area contributed by atoms with Gasteiger partial charge in [0.1, 0.15) is 12.0 Å². The summed E-state index contributed by atoms with van der Waals surface area (Å²) in [7, 11) is 0. The van der Waals surface area contributed by atoms with Crippen molar-refractivity contribution >= 4 is 23.8 Å². The average molecular weight is 370 g/mol. The first-order valence-corrected chi connectivity index (χ1v) is 7.65. The van der Waals surface area contributed by atoms with E-state index >= 15 is 0 Å². The van der Waals surface area contributed by atoms with Gasteiger partial charge >= 0.3 is 11.9 Å². The number of imidazole rings is 1. The van der Waals surface area contributed by atoms with Gasteiger partial charge in [0.05, 0.1) is 24.5 Å². The lowest BCUT2D eigenvalue weighted by molar-refractivity contribution is -0.142. The van der Waals surface area contributed by atoms with Crippen LogP contribution in [0.25, 0.3) is 0 Å². The molecule has 0 aliphatic rings. The molecule has 9 N–H and O–H groups in total. The van der Waals surface area contributed by atoms with Crippen LogP contribution in [0.3, 0.4) is 0 Å². The molecular formula is C14H22N6O6. The van der Waals surface area contributed by atoms with Gasteiger partial charge in [0.25, 0.3) is 0 Å². The monoisotopic (exact) mass is 370 g/mol. The number of nitrogens with one attached hydrogen (secondary N) is 3. The quantitative estimate of drug-likeness (QED) is 0.216. The summed E-state index contributed by atoms with van der Waals surface area (Å²) in [6, 6.07) is -3.51. The van der Waals surface area contributed by atoms with E-state index in [-0.39, 0.29) is 12.2 Å². The number of hydrogen-bond acceptors (Lipinski definition) is 7. The summed E-state index contributed by atoms with van der Waals surface area (Å²) in [5, 5.41) is 23.5. The molecule has 0 bridgehead atoms. The second-order valence-electron chi connectivity index (χ2n) is 5.68. The fraction of sp³-hybridized carbons (Fsp3) is 0.500. The third kappa shape index (κ3) is 6.14. The molecule has 4 atom stereocenters. The zero-order valence-corrected chi connectivity index (χ0v) is 14.0. The summed E-state index contributed by atoms with van der Waals surface area (Å²) in [4.78, 5) is 51.9. The van der Waals surface area contributed by atoms with Crippen LogP contribution in [0.2, 0.25) is 0 Å². The predicted molar refractivity (Wildman–Crippen MR) is 87.8 cm³/mol. The molecule has 0 aliphatic heterocycles. The number of nitrogens with two attached hydrogens (primary N) is 2. The summed E-state index contributed by atoms with van der Waals surface area (Å²) >= 11 is 0. The van der Waals surface area contributed by atoms with Crippen molar-refractivity contribution in [1.29, 1.82) is 0 Å². The second kappa shape index (κ2) is 9.48. The number of primary amides is 1. The largest absolute Gasteiger partial charge is 0.481 e. The maximum Gasteiger partial charge on any atom is 0.327 e. The Morgan fingerprint density at radius 2 is 1.92 bits per heavy atom. The molecule has 1 aromatic rings. The van der Waals surface area contributed by atoms with Gasteiger partial charge < -0.3 is 37.3 Å². The minimum Gasteiger partial charge on any atom is -0.481 e. The van der Waals surface area contributed by atoms with Crippen molar-refractivity contribution in [1.82, 2.24) is 20.6 Å². The number of nitrogens with zero attached hydrogens (tertiary/aromatic N) is 1. The number of hydrogen-bond donors (Lipinski definition) is 7. The predicted octanol–water partition coefficient (Wildman–Crippen LogP) is -2.67. The van der Waals surface area contributed by atoms with Crippen molar-refractivity contribution in [3.05, 3.63) is 18.2 Å². The van der Waals surface area contributed by atoms with E-state index in [1.165, 1.54) is 19.4 Å². The van der Waals surface area contributed by atoms with E-state index in [9.17, 15) is 29.4 Å². The first kappa shape index (κ1) is 21.1. The minimum atomic E-state index is -1.39. The van der Waals surface area contributed by atoms with E-state index in [0.717, 1.165) is 0 Å². The third-order valence-electron chi connectivity index (χ3n) is 3.64. The van der Waals surface area contributed by atoms with E-state index in [1.54, 1.807) is 0 Å². The van der Waals surface area contributed by atoms with Crippen molar-refractivity contribution in [2.75, 3.05) is 6.54 Å². The van der Waals surface area contributed by atoms with Gasteiger partial charge in [0.2, 0.25) is 11.8 Å². The van der Waals surface area contributed by atoms with Gasteiger partial charge in [-0.3, -0.25) is 14.4 Å². The van der Waals surface area contributed by atoms with Gasteiger partial charge in [-0.15, -0.1) is 0 Å². The molecule has 26 heavy (non-hydrogen) atoms. The molecule has 0 saturated carbocycles. The molecule has 144 valence electrons. The number of rotatable bonds is 11. The summed E-state index contributed by atoms with van der Waals surface area (Å²) in [6.07, 6.45) is 2.32. The molecule has 1 heterocycles. The molecule has 1 rings (SSSR count). The normalized spacial score (nSPS) is 15.5. The van der Waals surface area contributed by atoms with E-state index in [4.69, 9.17) is 11.5 Å². The average Bonchev–Trinajstić information content (AvgIpc) is 3.05. The minimum absolute atomic E-state index is 0.117. The number of aromatic nitrogens is 2. The van der Waals surface area contributed by atoms with E-state index in [0.29, 0.717) is 0 Å². The van der Waals surface area contributed by atoms with Gasteiger partial charge in [-0.05, 0) is 6.92 Å². The van der Waals surface area contributed by atoms with E-state index in [2.05, 4.69) is 20.6 Å². The Balaban J connectivity index is 2.71. The molecule has 12 heteroatoms. The van der Waals surface area contributed by atoms with Crippen LogP contribution in [0.4, 0.5) is 0 Å². The molecule has 1 unspecified atom stereocenters. The van der Waals surface area contributed by atoms with E-state index in [1.807, 2.05) is 0 Å². The number of carboxylic acid groups (broad SMARTS) is 2. The number of H-pyrrole nitrogens is 1. The standard InChI is InChI=1S/C14H22N6O6/c1-6(18-3-7(13(23)24)9-4-17-5-19-9)11(14(25)26)20-12(22)8(15)2-10(16)21/h4-8,11,18H,2-3,15H2,1H3,(H2,16,21)(H,17,19)(H,20,22)(H,23,24)(H,25,26)/t6-,7?,8-,11+/m0/s1. The molecule has 0 fully saturated rings. The maximum absolute atomic E-state index is 11.9. The molecule has 0 aliphatic carbocycles. The highest BCUT2D eigenvalue weighted by Crippen LogP contribution is 2.12. The summed E-state index contributed by atoms with van der Waals surface area (Å²) in [6.45, 7) is 1.34. The van der Waals surface area contributed by atoms with Crippen LogP contribution >= 0.6 is 0 Å². The molecule has 0 saturated heterocycles. The van der Waals surface area contributed by atoms with Crippen LogP contribution in [-0.2, 0) is 19.2 Å². The highest BCUT2D eigenvalue weighted by molar-refractivity contribution is 5.90. The Kier molecular flexibility index (Phi) is 7.68. The van der Waals surface area contributed by atoms with Gasteiger partial charge in [0.15, 0.2) is 0 Å². The van der Waals surface area contributed by atoms with Crippen LogP contribution < -0.4 is 22.1 Å². The lowest BCUT2D eigenvalue weighted by atomic mass is 10.0. The van der Waals surface area contributed by atoms with Crippen molar-refractivity contribution in [2.45, 2.75) is 37.4 Å². The fourth-order valence-electron chi connectivity index (χ4n) is 2.17. The molecule has 0 spiro atoms. The Morgan fingerprint density at radius 3 is 2.38 bits per heavy atom. The molecule has 12 nitrogen and oxygen atoms in total. The number of aromatic amines is 1. The van der Waals surface area contributed by atoms with Crippen molar-refractivity contribution in [3.63, 3.8) is 0 Å². The zero-order chi connectivity index (χ0) is 19.9. The van der Waals surface area contributed by atoms with Gasteiger partial charge in [-0.25, -0.2) is 9.78 Å². The van der Waals surface area contributed by atoms with Gasteiger partial charge in [-0.1, -0.05) is 0 Å². The number of carboxylic acids is 2. The van der Waals surface area contributed by atoms with Crippen LogP contribution in [-0.4, -0.2) is 68.6 Å². The molecular weight excluding hydrogens is 348 g/mol. The van der Waals surface area contributed by atoms with Gasteiger partial charge in [0, 0.05) is 18.8 Å². The maximum atomic E-state index is 11.9. The zero-order valence-electron chi connectivity index (χ0n) is 14.0. The number of carbonyl (C=O) groups excluding carboxylic acids is 2. The Morgan fingerprint density at radius 1 is 1.27 bits per heavy atom. The van der Waals surface area contributed by atoms with Crippen LogP contribution in [0, 0.1) is 0 Å². The smallest absolute Gasteiger partial charge is 0.327 e. The fourth-order valence-corrected chi connectivity index (χ4v) is 2.17. The molecule has 0 aromatic carbocycles. The van der Waals surface area contributed by atoms with Crippen molar-refractivity contribution in [3.8, 4) is 0 Å².